The number of nitrogens with zero attached hydrogens (tertiary/aromatic N) is 3. The number of halogens is 1. The lowest BCUT2D eigenvalue weighted by Gasteiger charge is -2.14. The molecule has 0 unspecified atom stereocenters. The molecule has 1 heterocycles. The predicted octanol–water partition coefficient (Wildman–Crippen LogP) is 6.84. The minimum absolute atomic E-state index is 0.0689. The number of hydrogen-bond acceptors (Lipinski definition) is 5. The zero-order valence-corrected chi connectivity index (χ0v) is 22.6. The van der Waals surface area contributed by atoms with Crippen LogP contribution in [0, 0.1) is 6.92 Å². The smallest absolute Gasteiger partial charge is 0.282 e. The van der Waals surface area contributed by atoms with E-state index in [9.17, 15) is 4.79 Å². The molecular formula is C29H30BrN3O3. The highest BCUT2D eigenvalue weighted by molar-refractivity contribution is 9.10. The molecule has 7 heteroatoms. The van der Waals surface area contributed by atoms with E-state index in [4.69, 9.17) is 14.5 Å². The number of rotatable bonds is 9. The normalized spacial score (nSPS) is 12.2. The van der Waals surface area contributed by atoms with Gasteiger partial charge in [0.1, 0.15) is 12.4 Å². The Morgan fingerprint density at radius 3 is 2.53 bits per heavy atom. The van der Waals surface area contributed by atoms with Crippen LogP contribution >= 0.6 is 15.9 Å². The van der Waals surface area contributed by atoms with E-state index in [2.05, 4.69) is 59.1 Å². The fourth-order valence-electron chi connectivity index (χ4n) is 3.74. The van der Waals surface area contributed by atoms with Crippen molar-refractivity contribution < 1.29 is 9.47 Å². The lowest BCUT2D eigenvalue weighted by molar-refractivity contribution is 0.269. The van der Waals surface area contributed by atoms with Gasteiger partial charge >= 0.3 is 0 Å². The summed E-state index contributed by atoms with van der Waals surface area (Å²) < 4.78 is 14.1. The van der Waals surface area contributed by atoms with E-state index in [1.165, 1.54) is 10.2 Å². The average Bonchev–Trinajstić information content (AvgIpc) is 2.88. The Kier molecular flexibility index (Phi) is 8.21. The van der Waals surface area contributed by atoms with Crippen LogP contribution in [0.2, 0.25) is 0 Å². The Labute approximate surface area is 219 Å². The maximum atomic E-state index is 13.4. The molecule has 0 fully saturated rings. The van der Waals surface area contributed by atoms with Crippen LogP contribution in [-0.4, -0.2) is 22.5 Å². The fourth-order valence-corrected chi connectivity index (χ4v) is 4.10. The standard InChI is InChI=1S/C29H30BrN3O3/c1-5-20(4)28-32-25-13-12-23(30)16-24(25)29(34)33(28)31-17-22-11-14-26(27(15-22)35-6-2)36-18-21-9-7-19(3)8-10-21/h7-17,20H,5-6,18H2,1-4H3/t20-/m0/s1. The maximum absolute atomic E-state index is 13.4. The van der Waals surface area contributed by atoms with Gasteiger partial charge in [0, 0.05) is 10.4 Å². The highest BCUT2D eigenvalue weighted by Crippen LogP contribution is 2.29. The van der Waals surface area contributed by atoms with Crippen LogP contribution in [0.4, 0.5) is 0 Å². The molecular weight excluding hydrogens is 518 g/mol. The summed E-state index contributed by atoms with van der Waals surface area (Å²) in [4.78, 5) is 18.1. The van der Waals surface area contributed by atoms with E-state index in [0.29, 0.717) is 41.4 Å². The van der Waals surface area contributed by atoms with Gasteiger partial charge in [-0.05, 0) is 67.8 Å². The first-order chi connectivity index (χ1) is 17.4. The van der Waals surface area contributed by atoms with E-state index in [1.807, 2.05) is 44.2 Å². The maximum Gasteiger partial charge on any atom is 0.282 e. The minimum atomic E-state index is -0.198. The van der Waals surface area contributed by atoms with Gasteiger partial charge in [-0.1, -0.05) is 59.6 Å². The summed E-state index contributed by atoms with van der Waals surface area (Å²) in [7, 11) is 0. The van der Waals surface area contributed by atoms with Crippen LogP contribution in [0.3, 0.4) is 0 Å². The lowest BCUT2D eigenvalue weighted by Crippen LogP contribution is -2.23. The van der Waals surface area contributed by atoms with Crippen molar-refractivity contribution in [3.8, 4) is 11.5 Å². The molecule has 4 rings (SSSR count). The lowest BCUT2D eigenvalue weighted by atomic mass is 10.1. The van der Waals surface area contributed by atoms with Gasteiger partial charge in [-0.25, -0.2) is 4.98 Å². The number of ether oxygens (including phenoxy) is 2. The van der Waals surface area contributed by atoms with Gasteiger partial charge in [-0.3, -0.25) is 4.79 Å². The van der Waals surface area contributed by atoms with Gasteiger partial charge in [-0.15, -0.1) is 0 Å². The molecule has 0 saturated heterocycles. The van der Waals surface area contributed by atoms with Gasteiger partial charge in [0.25, 0.3) is 5.56 Å². The van der Waals surface area contributed by atoms with Crippen molar-refractivity contribution in [1.29, 1.82) is 0 Å². The summed E-state index contributed by atoms with van der Waals surface area (Å²) in [5, 5.41) is 5.08. The molecule has 4 aromatic rings. The Hall–Kier alpha value is -3.45. The van der Waals surface area contributed by atoms with Crippen molar-refractivity contribution in [2.45, 2.75) is 46.6 Å². The molecule has 3 aromatic carbocycles. The molecule has 186 valence electrons. The van der Waals surface area contributed by atoms with E-state index >= 15 is 0 Å². The van der Waals surface area contributed by atoms with Crippen LogP contribution in [-0.2, 0) is 6.61 Å². The van der Waals surface area contributed by atoms with Crippen molar-refractivity contribution >= 4 is 33.0 Å². The Bertz CT molecular complexity index is 1450. The van der Waals surface area contributed by atoms with Crippen LogP contribution in [0.5, 0.6) is 11.5 Å². The first-order valence-corrected chi connectivity index (χ1v) is 12.9. The quantitative estimate of drug-likeness (QED) is 0.215. The van der Waals surface area contributed by atoms with Gasteiger partial charge in [-0.2, -0.15) is 9.78 Å². The molecule has 0 N–H and O–H groups in total. The molecule has 0 aliphatic rings. The molecule has 6 nitrogen and oxygen atoms in total. The molecule has 1 aromatic heterocycles. The van der Waals surface area contributed by atoms with Crippen LogP contribution in [0.25, 0.3) is 10.9 Å². The van der Waals surface area contributed by atoms with Gasteiger partial charge in [0.15, 0.2) is 11.5 Å². The average molecular weight is 548 g/mol. The Balaban J connectivity index is 1.66. The molecule has 0 bridgehead atoms. The summed E-state index contributed by atoms with van der Waals surface area (Å²) in [6.07, 6.45) is 2.50. The van der Waals surface area contributed by atoms with Gasteiger partial charge in [0.2, 0.25) is 0 Å². The van der Waals surface area contributed by atoms with Crippen molar-refractivity contribution in [2.24, 2.45) is 5.10 Å². The van der Waals surface area contributed by atoms with Crippen LogP contribution in [0.1, 0.15) is 55.6 Å². The van der Waals surface area contributed by atoms with Gasteiger partial charge in [0.05, 0.1) is 23.7 Å². The second-order valence-electron chi connectivity index (χ2n) is 8.72. The monoisotopic (exact) mass is 547 g/mol. The second kappa shape index (κ2) is 11.5. The zero-order chi connectivity index (χ0) is 25.7. The third-order valence-corrected chi connectivity index (χ3v) is 6.48. The topological polar surface area (TPSA) is 65.7 Å². The van der Waals surface area contributed by atoms with Crippen LogP contribution in [0.15, 0.2) is 75.0 Å². The van der Waals surface area contributed by atoms with Crippen molar-refractivity contribution in [3.05, 3.63) is 98.0 Å². The van der Waals surface area contributed by atoms with Crippen LogP contribution < -0.4 is 15.0 Å². The number of aryl methyl sites for hydroxylation is 1. The third-order valence-electron chi connectivity index (χ3n) is 5.99. The summed E-state index contributed by atoms with van der Waals surface area (Å²) in [6.45, 7) is 9.06. The van der Waals surface area contributed by atoms with Gasteiger partial charge < -0.3 is 9.47 Å². The SMILES string of the molecule is CCOc1cc(C=Nn2c([C@@H](C)CC)nc3ccc(Br)cc3c2=O)ccc1OCc1ccc(C)cc1. The van der Waals surface area contributed by atoms with Crippen molar-refractivity contribution in [3.63, 3.8) is 0 Å². The first kappa shape index (κ1) is 25.6. The summed E-state index contributed by atoms with van der Waals surface area (Å²) in [6, 6.07) is 19.4. The number of fused-ring (bicyclic) bond motifs is 1. The molecule has 0 saturated carbocycles. The largest absolute Gasteiger partial charge is 0.490 e. The number of benzene rings is 3. The number of hydrogen-bond donors (Lipinski definition) is 0. The third kappa shape index (κ3) is 5.85. The summed E-state index contributed by atoms with van der Waals surface area (Å²) >= 11 is 3.45. The molecule has 0 amide bonds. The van der Waals surface area contributed by atoms with E-state index in [0.717, 1.165) is 22.0 Å². The first-order valence-electron chi connectivity index (χ1n) is 12.1. The minimum Gasteiger partial charge on any atom is -0.490 e. The molecule has 0 aliphatic carbocycles. The Morgan fingerprint density at radius 2 is 1.81 bits per heavy atom. The molecule has 36 heavy (non-hydrogen) atoms. The molecule has 1 atom stereocenters. The van der Waals surface area contributed by atoms with E-state index in [-0.39, 0.29) is 11.5 Å². The van der Waals surface area contributed by atoms with Crippen molar-refractivity contribution in [2.75, 3.05) is 6.61 Å². The zero-order valence-electron chi connectivity index (χ0n) is 21.0. The van der Waals surface area contributed by atoms with E-state index < -0.39 is 0 Å². The highest BCUT2D eigenvalue weighted by Gasteiger charge is 2.16. The summed E-state index contributed by atoms with van der Waals surface area (Å²) in [5.74, 6) is 1.99. The summed E-state index contributed by atoms with van der Waals surface area (Å²) in [5.41, 5.74) is 3.55. The Morgan fingerprint density at radius 1 is 1.03 bits per heavy atom. The second-order valence-corrected chi connectivity index (χ2v) is 9.63. The van der Waals surface area contributed by atoms with E-state index in [1.54, 1.807) is 12.3 Å². The van der Waals surface area contributed by atoms with Crippen molar-refractivity contribution in [1.82, 2.24) is 9.66 Å². The molecule has 0 spiro atoms. The number of aromatic nitrogens is 2. The molecule has 0 aliphatic heterocycles. The fraction of sp³-hybridized carbons (Fsp3) is 0.276. The molecule has 0 radical (unpaired) electrons. The predicted molar refractivity (Wildman–Crippen MR) is 149 cm³/mol. The highest BCUT2D eigenvalue weighted by atomic mass is 79.9.